The van der Waals surface area contributed by atoms with Gasteiger partial charge in [0.1, 0.15) is 0 Å². The molecule has 0 saturated carbocycles. The zero-order valence-electron chi connectivity index (χ0n) is 11.0. The van der Waals surface area contributed by atoms with Crippen LogP contribution >= 0.6 is 23.2 Å². The molecule has 0 aliphatic rings. The van der Waals surface area contributed by atoms with Gasteiger partial charge in [0.15, 0.2) is 0 Å². The average molecular weight is 327 g/mol. The molecule has 0 unspecified atom stereocenters. The summed E-state index contributed by atoms with van der Waals surface area (Å²) >= 11 is 11.8. The Morgan fingerprint density at radius 1 is 1.38 bits per heavy atom. The van der Waals surface area contributed by atoms with Crippen molar-refractivity contribution < 1.29 is 4.79 Å². The van der Waals surface area contributed by atoms with Crippen LogP contribution < -0.4 is 11.0 Å². The van der Waals surface area contributed by atoms with Gasteiger partial charge in [0.05, 0.1) is 22.7 Å². The van der Waals surface area contributed by atoms with Gasteiger partial charge in [0.2, 0.25) is 5.91 Å². The first-order valence-electron chi connectivity index (χ1n) is 6.01. The highest BCUT2D eigenvalue weighted by Gasteiger charge is 2.10. The van der Waals surface area contributed by atoms with Crippen LogP contribution in [0.2, 0.25) is 10.0 Å². The summed E-state index contributed by atoms with van der Waals surface area (Å²) in [5.41, 5.74) is 3.60. The van der Waals surface area contributed by atoms with Crippen LogP contribution in [-0.2, 0) is 11.2 Å². The molecule has 0 spiro atoms. The average Bonchev–Trinajstić information content (AvgIpc) is 2.75. The topological polar surface area (TPSA) is 90.1 Å². The maximum Gasteiger partial charge on any atom is 0.267 e. The number of carbonyl (C=O) groups is 1. The first kappa shape index (κ1) is 15.3. The van der Waals surface area contributed by atoms with Gasteiger partial charge in [-0.15, -0.1) is 0 Å². The van der Waals surface area contributed by atoms with Gasteiger partial charge >= 0.3 is 0 Å². The van der Waals surface area contributed by atoms with Gasteiger partial charge in [-0.3, -0.25) is 14.7 Å². The van der Waals surface area contributed by atoms with Gasteiger partial charge in [0, 0.05) is 16.8 Å². The summed E-state index contributed by atoms with van der Waals surface area (Å²) in [5.74, 6) is -0.405. The van der Waals surface area contributed by atoms with Gasteiger partial charge < -0.3 is 5.10 Å². The van der Waals surface area contributed by atoms with Gasteiger partial charge in [-0.2, -0.15) is 5.10 Å². The number of aromatic nitrogens is 2. The van der Waals surface area contributed by atoms with Crippen LogP contribution in [0.3, 0.4) is 0 Å². The van der Waals surface area contributed by atoms with Crippen molar-refractivity contribution in [3.8, 4) is 0 Å². The van der Waals surface area contributed by atoms with Gasteiger partial charge in [0.25, 0.3) is 5.56 Å². The Balaban J connectivity index is 2.00. The van der Waals surface area contributed by atoms with Crippen molar-refractivity contribution in [3.63, 3.8) is 0 Å². The smallest absolute Gasteiger partial charge is 0.267 e. The number of rotatable bonds is 4. The molecule has 1 heterocycles. The molecule has 110 valence electrons. The zero-order valence-corrected chi connectivity index (χ0v) is 12.5. The van der Waals surface area contributed by atoms with Gasteiger partial charge in [-0.05, 0) is 13.0 Å². The molecule has 0 saturated heterocycles. The molecule has 0 bridgehead atoms. The molecule has 2 aromatic rings. The van der Waals surface area contributed by atoms with E-state index in [-0.39, 0.29) is 12.0 Å². The van der Waals surface area contributed by atoms with Crippen LogP contribution in [-0.4, -0.2) is 22.3 Å². The lowest BCUT2D eigenvalue weighted by Crippen LogP contribution is -2.23. The number of aryl methyl sites for hydroxylation is 1. The largest absolute Gasteiger partial charge is 0.302 e. The Labute approximate surface area is 130 Å². The molecular weight excluding hydrogens is 315 g/mol. The monoisotopic (exact) mass is 326 g/mol. The first-order chi connectivity index (χ1) is 9.99. The molecule has 1 aromatic carbocycles. The lowest BCUT2D eigenvalue weighted by atomic mass is 10.2. The highest BCUT2D eigenvalue weighted by Crippen LogP contribution is 2.23. The standard InChI is InChI=1S/C13H12Cl2N4O2/c1-7-9(13(21)19-17-7)5-11(20)18-16-6-8-3-2-4-10(14)12(8)15/h2-4,6H,5H2,1H3,(H,18,20)(H2,17,19,21)/b16-6-. The maximum atomic E-state index is 11.7. The third-order valence-electron chi connectivity index (χ3n) is 2.80. The Kier molecular flexibility index (Phi) is 4.82. The number of hydrogen-bond donors (Lipinski definition) is 3. The number of benzene rings is 1. The second-order valence-electron chi connectivity index (χ2n) is 4.30. The molecule has 0 aliphatic carbocycles. The minimum absolute atomic E-state index is 0.0642. The van der Waals surface area contributed by atoms with Gasteiger partial charge in [-0.25, -0.2) is 5.43 Å². The molecular formula is C13H12Cl2N4O2. The number of H-pyrrole nitrogens is 2. The summed E-state index contributed by atoms with van der Waals surface area (Å²) < 4.78 is 0. The first-order valence-corrected chi connectivity index (χ1v) is 6.76. The van der Waals surface area contributed by atoms with E-state index in [0.717, 1.165) is 0 Å². The minimum Gasteiger partial charge on any atom is -0.302 e. The molecule has 2 rings (SSSR count). The van der Waals surface area contributed by atoms with Crippen molar-refractivity contribution in [3.05, 3.63) is 55.4 Å². The van der Waals surface area contributed by atoms with Crippen molar-refractivity contribution in [2.45, 2.75) is 13.3 Å². The van der Waals surface area contributed by atoms with Crippen molar-refractivity contribution in [2.24, 2.45) is 5.10 Å². The van der Waals surface area contributed by atoms with Crippen molar-refractivity contribution in [2.75, 3.05) is 0 Å². The van der Waals surface area contributed by atoms with Crippen LogP contribution in [0.1, 0.15) is 16.8 Å². The van der Waals surface area contributed by atoms with Crippen molar-refractivity contribution in [1.29, 1.82) is 0 Å². The molecule has 1 aromatic heterocycles. The van der Waals surface area contributed by atoms with Crippen LogP contribution in [0.4, 0.5) is 0 Å². The number of halogens is 2. The Hall–Kier alpha value is -2.05. The molecule has 1 amide bonds. The molecule has 0 radical (unpaired) electrons. The summed E-state index contributed by atoms with van der Waals surface area (Å²) in [6, 6.07) is 5.09. The summed E-state index contributed by atoms with van der Waals surface area (Å²) in [6.45, 7) is 1.70. The van der Waals surface area contributed by atoms with Crippen molar-refractivity contribution >= 4 is 35.3 Å². The van der Waals surface area contributed by atoms with E-state index in [1.165, 1.54) is 6.21 Å². The van der Waals surface area contributed by atoms with E-state index < -0.39 is 5.91 Å². The predicted octanol–water partition coefficient (Wildman–Crippen LogP) is 2.01. The van der Waals surface area contributed by atoms with E-state index in [4.69, 9.17) is 23.2 Å². The summed E-state index contributed by atoms with van der Waals surface area (Å²) in [7, 11) is 0. The van der Waals surface area contributed by atoms with E-state index >= 15 is 0 Å². The molecule has 3 N–H and O–H groups in total. The van der Waals surface area contributed by atoms with E-state index in [1.807, 2.05) is 0 Å². The highest BCUT2D eigenvalue weighted by atomic mass is 35.5. The normalized spacial score (nSPS) is 11.0. The fourth-order valence-corrected chi connectivity index (χ4v) is 2.04. The van der Waals surface area contributed by atoms with Gasteiger partial charge in [-0.1, -0.05) is 35.3 Å². The number of aromatic amines is 2. The lowest BCUT2D eigenvalue weighted by Gasteiger charge is -2.00. The van der Waals surface area contributed by atoms with E-state index in [0.29, 0.717) is 26.9 Å². The van der Waals surface area contributed by atoms with Crippen LogP contribution in [0.15, 0.2) is 28.1 Å². The number of hydrogen-bond acceptors (Lipinski definition) is 3. The number of carbonyl (C=O) groups excluding carboxylic acids is 1. The number of nitrogens with zero attached hydrogens (tertiary/aromatic N) is 1. The molecule has 21 heavy (non-hydrogen) atoms. The summed E-state index contributed by atoms with van der Waals surface area (Å²) in [5, 5.41) is 9.61. The second-order valence-corrected chi connectivity index (χ2v) is 5.08. The van der Waals surface area contributed by atoms with E-state index in [2.05, 4.69) is 20.7 Å². The summed E-state index contributed by atoms with van der Waals surface area (Å²) in [6.07, 6.45) is 1.33. The molecule has 6 nitrogen and oxygen atoms in total. The Bertz CT molecular complexity index is 749. The van der Waals surface area contributed by atoms with E-state index in [9.17, 15) is 9.59 Å². The Morgan fingerprint density at radius 3 is 2.81 bits per heavy atom. The van der Waals surface area contributed by atoms with Crippen LogP contribution in [0.25, 0.3) is 0 Å². The third kappa shape index (κ3) is 3.74. The third-order valence-corrected chi connectivity index (χ3v) is 3.64. The number of hydrazone groups is 1. The molecule has 8 heteroatoms. The Morgan fingerprint density at radius 2 is 2.14 bits per heavy atom. The predicted molar refractivity (Wildman–Crippen MR) is 82.1 cm³/mol. The fraction of sp³-hybridized carbons (Fsp3) is 0.154. The quantitative estimate of drug-likeness (QED) is 0.592. The summed E-state index contributed by atoms with van der Waals surface area (Å²) in [4.78, 5) is 23.1. The van der Waals surface area contributed by atoms with Crippen molar-refractivity contribution in [1.82, 2.24) is 15.6 Å². The lowest BCUT2D eigenvalue weighted by molar-refractivity contribution is -0.120. The number of nitrogens with one attached hydrogen (secondary N) is 3. The zero-order chi connectivity index (χ0) is 15.4. The molecule has 0 atom stereocenters. The highest BCUT2D eigenvalue weighted by molar-refractivity contribution is 6.43. The minimum atomic E-state index is -0.405. The maximum absolute atomic E-state index is 11.7. The van der Waals surface area contributed by atoms with E-state index in [1.54, 1.807) is 25.1 Å². The number of amides is 1. The molecule has 0 fully saturated rings. The molecule has 0 aliphatic heterocycles. The SMILES string of the molecule is Cc1[nH][nH]c(=O)c1CC(=O)N/N=C\c1cccc(Cl)c1Cl. The fourth-order valence-electron chi connectivity index (χ4n) is 1.68. The van der Waals surface area contributed by atoms with Crippen LogP contribution in [0, 0.1) is 6.92 Å². The second kappa shape index (κ2) is 6.60. The van der Waals surface area contributed by atoms with Crippen LogP contribution in [0.5, 0.6) is 0 Å².